The fourth-order valence-corrected chi connectivity index (χ4v) is 2.82. The minimum atomic E-state index is 0.272. The molecule has 0 aliphatic heterocycles. The van der Waals surface area contributed by atoms with Crippen molar-refractivity contribution in [3.05, 3.63) is 53.1 Å². The SMILES string of the molecule is CCCCCC/C=C1\CC(=O)C(c2ccccc2)=C1C. The molecule has 0 bridgehead atoms. The molecule has 0 heterocycles. The highest BCUT2D eigenvalue weighted by Gasteiger charge is 2.25. The van der Waals surface area contributed by atoms with Gasteiger partial charge in [-0.3, -0.25) is 4.79 Å². The molecule has 1 aliphatic carbocycles. The van der Waals surface area contributed by atoms with E-state index in [4.69, 9.17) is 0 Å². The minimum Gasteiger partial charge on any atom is -0.294 e. The Labute approximate surface area is 122 Å². The van der Waals surface area contributed by atoms with Crippen LogP contribution in [0.4, 0.5) is 0 Å². The van der Waals surface area contributed by atoms with Crippen molar-refractivity contribution in [1.82, 2.24) is 0 Å². The summed E-state index contributed by atoms with van der Waals surface area (Å²) in [7, 11) is 0. The van der Waals surface area contributed by atoms with E-state index in [0.29, 0.717) is 6.42 Å². The van der Waals surface area contributed by atoms with Crippen molar-refractivity contribution in [2.45, 2.75) is 52.4 Å². The minimum absolute atomic E-state index is 0.272. The number of carbonyl (C=O) groups excluding carboxylic acids is 1. The third kappa shape index (κ3) is 3.47. The molecule has 1 heteroatoms. The largest absolute Gasteiger partial charge is 0.294 e. The first-order chi connectivity index (χ1) is 9.74. The number of allylic oxidation sites excluding steroid dienone is 4. The number of Topliss-reactive ketones (excluding diaryl/α,β-unsaturated/α-hetero) is 1. The topological polar surface area (TPSA) is 17.1 Å². The maximum absolute atomic E-state index is 12.2. The van der Waals surface area contributed by atoms with Crippen molar-refractivity contribution in [2.24, 2.45) is 0 Å². The Kier molecular flexibility index (Phi) is 5.34. The summed E-state index contributed by atoms with van der Waals surface area (Å²) in [5, 5.41) is 0. The molecule has 0 atom stereocenters. The lowest BCUT2D eigenvalue weighted by molar-refractivity contribution is -0.112. The first-order valence-electron chi connectivity index (χ1n) is 7.73. The first-order valence-corrected chi connectivity index (χ1v) is 7.73. The Bertz CT molecular complexity index is 520. The van der Waals surface area contributed by atoms with Crippen LogP contribution in [0.2, 0.25) is 0 Å². The molecule has 0 unspecified atom stereocenters. The van der Waals surface area contributed by atoms with Crippen molar-refractivity contribution in [2.75, 3.05) is 0 Å². The highest BCUT2D eigenvalue weighted by molar-refractivity contribution is 6.26. The fourth-order valence-electron chi connectivity index (χ4n) is 2.82. The van der Waals surface area contributed by atoms with E-state index in [1.54, 1.807) is 0 Å². The molecule has 1 aromatic rings. The molecule has 0 saturated heterocycles. The van der Waals surface area contributed by atoms with E-state index in [2.05, 4.69) is 19.9 Å². The Morgan fingerprint density at radius 1 is 1.10 bits per heavy atom. The van der Waals surface area contributed by atoms with Crippen molar-refractivity contribution in [1.29, 1.82) is 0 Å². The van der Waals surface area contributed by atoms with Crippen molar-refractivity contribution < 1.29 is 4.79 Å². The maximum Gasteiger partial charge on any atom is 0.168 e. The van der Waals surface area contributed by atoms with Gasteiger partial charge >= 0.3 is 0 Å². The van der Waals surface area contributed by atoms with Gasteiger partial charge in [-0.1, -0.05) is 62.6 Å². The van der Waals surface area contributed by atoms with E-state index < -0.39 is 0 Å². The smallest absolute Gasteiger partial charge is 0.168 e. The lowest BCUT2D eigenvalue weighted by Crippen LogP contribution is -1.95. The van der Waals surface area contributed by atoms with Gasteiger partial charge in [0, 0.05) is 12.0 Å². The molecule has 0 amide bonds. The lowest BCUT2D eigenvalue weighted by Gasteiger charge is -2.02. The average Bonchev–Trinajstić information content (AvgIpc) is 2.74. The zero-order valence-corrected chi connectivity index (χ0v) is 12.6. The quantitative estimate of drug-likeness (QED) is 0.637. The molecule has 1 aliphatic rings. The van der Waals surface area contributed by atoms with Crippen molar-refractivity contribution in [3.8, 4) is 0 Å². The Morgan fingerprint density at radius 2 is 1.85 bits per heavy atom. The van der Waals surface area contributed by atoms with E-state index in [-0.39, 0.29) is 5.78 Å². The highest BCUT2D eigenvalue weighted by atomic mass is 16.1. The molecule has 20 heavy (non-hydrogen) atoms. The summed E-state index contributed by atoms with van der Waals surface area (Å²) >= 11 is 0. The number of benzene rings is 1. The van der Waals surface area contributed by atoms with Gasteiger partial charge in [0.25, 0.3) is 0 Å². The Morgan fingerprint density at radius 3 is 2.55 bits per heavy atom. The number of unbranched alkanes of at least 4 members (excludes halogenated alkanes) is 4. The first kappa shape index (κ1) is 14.8. The third-order valence-corrected chi connectivity index (χ3v) is 4.00. The van der Waals surface area contributed by atoms with Gasteiger partial charge in [0.1, 0.15) is 0 Å². The molecule has 0 saturated carbocycles. The second-order valence-electron chi connectivity index (χ2n) is 5.54. The number of ketones is 1. The predicted octanol–water partition coefficient (Wildman–Crippen LogP) is 5.33. The van der Waals surface area contributed by atoms with Crippen LogP contribution < -0.4 is 0 Å². The Balaban J connectivity index is 2.09. The van der Waals surface area contributed by atoms with Crippen molar-refractivity contribution in [3.63, 3.8) is 0 Å². The molecule has 106 valence electrons. The molecular weight excluding hydrogens is 244 g/mol. The van der Waals surface area contributed by atoms with Gasteiger partial charge in [0.2, 0.25) is 0 Å². The van der Waals surface area contributed by atoms with Crippen LogP contribution in [0.5, 0.6) is 0 Å². The zero-order chi connectivity index (χ0) is 14.4. The van der Waals surface area contributed by atoms with Crippen LogP contribution in [0.1, 0.15) is 57.9 Å². The van der Waals surface area contributed by atoms with Gasteiger partial charge in [-0.05, 0) is 36.5 Å². The van der Waals surface area contributed by atoms with E-state index in [1.807, 2.05) is 30.3 Å². The standard InChI is InChI=1S/C19H24O/c1-3-4-5-6-8-13-17-14-18(20)19(15(17)2)16-11-9-7-10-12-16/h7,9-13H,3-6,8,14H2,1-2H3/b17-13+. The summed E-state index contributed by atoms with van der Waals surface area (Å²) in [6, 6.07) is 10.0. The molecule has 0 N–H and O–H groups in total. The number of rotatable bonds is 6. The summed E-state index contributed by atoms with van der Waals surface area (Å²) in [4.78, 5) is 12.2. The predicted molar refractivity (Wildman–Crippen MR) is 85.5 cm³/mol. The molecule has 0 aromatic heterocycles. The third-order valence-electron chi connectivity index (χ3n) is 4.00. The molecule has 1 nitrogen and oxygen atoms in total. The summed E-state index contributed by atoms with van der Waals surface area (Å²) in [6.45, 7) is 4.32. The van der Waals surface area contributed by atoms with Gasteiger partial charge in [-0.15, -0.1) is 0 Å². The van der Waals surface area contributed by atoms with E-state index >= 15 is 0 Å². The second-order valence-corrected chi connectivity index (χ2v) is 5.54. The maximum atomic E-state index is 12.2. The van der Waals surface area contributed by atoms with Crippen molar-refractivity contribution >= 4 is 11.4 Å². The average molecular weight is 268 g/mol. The van der Waals surface area contributed by atoms with Crippen LogP contribution in [-0.2, 0) is 4.79 Å². The van der Waals surface area contributed by atoms with E-state index in [1.165, 1.54) is 36.8 Å². The molecular formula is C19H24O. The monoisotopic (exact) mass is 268 g/mol. The summed E-state index contributed by atoms with van der Waals surface area (Å²) in [6.07, 6.45) is 9.07. The van der Waals surface area contributed by atoms with Crippen LogP contribution in [0.25, 0.3) is 5.57 Å². The van der Waals surface area contributed by atoms with Gasteiger partial charge in [0.05, 0.1) is 0 Å². The molecule has 1 aromatic carbocycles. The van der Waals surface area contributed by atoms with Crippen LogP contribution in [0.15, 0.2) is 47.6 Å². The van der Waals surface area contributed by atoms with Crippen LogP contribution in [0, 0.1) is 0 Å². The van der Waals surface area contributed by atoms with Gasteiger partial charge in [-0.2, -0.15) is 0 Å². The van der Waals surface area contributed by atoms with Crippen LogP contribution in [-0.4, -0.2) is 5.78 Å². The number of hydrogen-bond acceptors (Lipinski definition) is 1. The normalized spacial score (nSPS) is 17.3. The van der Waals surface area contributed by atoms with E-state index in [0.717, 1.165) is 17.6 Å². The van der Waals surface area contributed by atoms with Gasteiger partial charge < -0.3 is 0 Å². The molecule has 0 fully saturated rings. The molecule has 0 radical (unpaired) electrons. The van der Waals surface area contributed by atoms with E-state index in [9.17, 15) is 4.79 Å². The molecule has 0 spiro atoms. The second kappa shape index (κ2) is 7.23. The number of hydrogen-bond donors (Lipinski definition) is 0. The summed E-state index contributed by atoms with van der Waals surface area (Å²) in [5.74, 6) is 0.272. The Hall–Kier alpha value is -1.63. The van der Waals surface area contributed by atoms with Crippen LogP contribution in [0.3, 0.4) is 0 Å². The molecule has 2 rings (SSSR count). The summed E-state index contributed by atoms with van der Waals surface area (Å²) < 4.78 is 0. The zero-order valence-electron chi connectivity index (χ0n) is 12.6. The summed E-state index contributed by atoms with van der Waals surface area (Å²) in [5.41, 5.74) is 4.40. The van der Waals surface area contributed by atoms with Gasteiger partial charge in [-0.25, -0.2) is 0 Å². The lowest BCUT2D eigenvalue weighted by atomic mass is 10.0. The van der Waals surface area contributed by atoms with Gasteiger partial charge in [0.15, 0.2) is 5.78 Å². The fraction of sp³-hybridized carbons (Fsp3) is 0.421. The number of carbonyl (C=O) groups is 1. The highest BCUT2D eigenvalue weighted by Crippen LogP contribution is 2.35. The van der Waals surface area contributed by atoms with Crippen LogP contribution >= 0.6 is 0 Å².